The highest BCUT2D eigenvalue weighted by Gasteiger charge is 2.28. The van der Waals surface area contributed by atoms with Crippen molar-refractivity contribution in [3.05, 3.63) is 0 Å². The minimum Gasteiger partial charge on any atom is -0.301 e. The van der Waals surface area contributed by atoms with Crippen molar-refractivity contribution < 1.29 is 0 Å². The maximum atomic E-state index is 3.48. The molecule has 0 spiro atoms. The largest absolute Gasteiger partial charge is 0.301 e. The molecule has 2 aliphatic heterocycles. The molecule has 0 aromatic heterocycles. The normalized spacial score (nSPS) is 24.1. The van der Waals surface area contributed by atoms with Gasteiger partial charge in [-0.2, -0.15) is 0 Å². The van der Waals surface area contributed by atoms with E-state index in [1.54, 1.807) is 0 Å². The predicted octanol–water partition coefficient (Wildman–Crippen LogP) is 3.23. The smallest absolute Gasteiger partial charge is 0.0227 e. The van der Waals surface area contributed by atoms with Crippen molar-refractivity contribution in [1.29, 1.82) is 0 Å². The van der Waals surface area contributed by atoms with E-state index in [1.807, 2.05) is 0 Å². The molecule has 0 aromatic rings. The van der Waals surface area contributed by atoms with Gasteiger partial charge in [0.2, 0.25) is 0 Å². The second kappa shape index (κ2) is 7.48. The molecule has 0 aromatic carbocycles. The Hall–Kier alpha value is -0.520. The molecule has 114 valence electrons. The lowest BCUT2D eigenvalue weighted by Crippen LogP contribution is -2.49. The zero-order chi connectivity index (χ0) is 14.5. The Kier molecular flexibility index (Phi) is 5.93. The minimum atomic E-state index is 0.522. The Morgan fingerprint density at radius 2 is 1.45 bits per heavy atom. The highest BCUT2D eigenvalue weighted by atomic mass is 15.2. The van der Waals surface area contributed by atoms with E-state index in [4.69, 9.17) is 0 Å². The van der Waals surface area contributed by atoms with Crippen molar-refractivity contribution in [2.24, 2.45) is 11.8 Å². The summed E-state index contributed by atoms with van der Waals surface area (Å²) in [6, 6.07) is 1.55. The quantitative estimate of drug-likeness (QED) is 0.715. The first-order valence-corrected chi connectivity index (χ1v) is 8.55. The molecule has 2 rings (SSSR count). The minimum absolute atomic E-state index is 0.522. The van der Waals surface area contributed by atoms with Crippen LogP contribution in [0.3, 0.4) is 0 Å². The molecular formula is C18H32N2. The molecule has 2 nitrogen and oxygen atoms in total. The lowest BCUT2D eigenvalue weighted by atomic mass is 9.93. The molecule has 2 fully saturated rings. The second-order valence-electron chi connectivity index (χ2n) is 7.11. The summed E-state index contributed by atoms with van der Waals surface area (Å²) in [5.41, 5.74) is 0. The van der Waals surface area contributed by atoms with Gasteiger partial charge in [0.1, 0.15) is 0 Å². The van der Waals surface area contributed by atoms with Gasteiger partial charge in [0.15, 0.2) is 0 Å². The van der Waals surface area contributed by atoms with Gasteiger partial charge in [-0.15, -0.1) is 5.92 Å². The fraction of sp³-hybridized carbons (Fsp3) is 0.889. The third-order valence-electron chi connectivity index (χ3n) is 4.85. The summed E-state index contributed by atoms with van der Waals surface area (Å²) in [4.78, 5) is 5.36. The molecule has 0 amide bonds. The highest BCUT2D eigenvalue weighted by Crippen LogP contribution is 2.24. The highest BCUT2D eigenvalue weighted by molar-refractivity contribution is 5.07. The average molecular weight is 276 g/mol. The predicted molar refractivity (Wildman–Crippen MR) is 86.6 cm³/mol. The van der Waals surface area contributed by atoms with Crippen molar-refractivity contribution in [1.82, 2.24) is 9.80 Å². The van der Waals surface area contributed by atoms with Gasteiger partial charge in [-0.3, -0.25) is 0 Å². The van der Waals surface area contributed by atoms with Crippen LogP contribution in [-0.4, -0.2) is 48.1 Å². The topological polar surface area (TPSA) is 6.48 Å². The fourth-order valence-electron chi connectivity index (χ4n) is 3.46. The summed E-state index contributed by atoms with van der Waals surface area (Å²) in [5.74, 6) is 8.01. The number of hydrogen-bond acceptors (Lipinski definition) is 2. The van der Waals surface area contributed by atoms with Crippen LogP contribution in [-0.2, 0) is 0 Å². The van der Waals surface area contributed by atoms with Crippen LogP contribution >= 0.6 is 0 Å². The summed E-state index contributed by atoms with van der Waals surface area (Å²) >= 11 is 0. The first kappa shape index (κ1) is 15.9. The molecule has 2 saturated heterocycles. The van der Waals surface area contributed by atoms with Crippen LogP contribution in [0.5, 0.6) is 0 Å². The lowest BCUT2D eigenvalue weighted by Gasteiger charge is -2.42. The van der Waals surface area contributed by atoms with Crippen LogP contribution in [0.15, 0.2) is 0 Å². The molecule has 20 heavy (non-hydrogen) atoms. The van der Waals surface area contributed by atoms with Crippen molar-refractivity contribution in [3.8, 4) is 11.8 Å². The van der Waals surface area contributed by atoms with E-state index in [0.717, 1.165) is 6.04 Å². The molecular weight excluding hydrogens is 244 g/mol. The number of rotatable bonds is 2. The molecule has 0 radical (unpaired) electrons. The monoisotopic (exact) mass is 276 g/mol. The Balaban J connectivity index is 1.74. The molecule has 2 heteroatoms. The summed E-state index contributed by atoms with van der Waals surface area (Å²) in [7, 11) is 0. The van der Waals surface area contributed by atoms with E-state index in [-0.39, 0.29) is 0 Å². The first-order valence-electron chi connectivity index (χ1n) is 8.55. The zero-order valence-electron chi connectivity index (χ0n) is 13.9. The van der Waals surface area contributed by atoms with Crippen LogP contribution in [0.4, 0.5) is 0 Å². The molecule has 2 heterocycles. The van der Waals surface area contributed by atoms with E-state index < -0.39 is 0 Å². The van der Waals surface area contributed by atoms with E-state index in [1.165, 1.54) is 51.9 Å². The van der Waals surface area contributed by atoms with Crippen LogP contribution in [0.25, 0.3) is 0 Å². The van der Waals surface area contributed by atoms with E-state index in [2.05, 4.69) is 49.3 Å². The van der Waals surface area contributed by atoms with Gasteiger partial charge < -0.3 is 9.80 Å². The van der Waals surface area contributed by atoms with Crippen molar-refractivity contribution >= 4 is 0 Å². The van der Waals surface area contributed by atoms with Crippen LogP contribution < -0.4 is 0 Å². The van der Waals surface area contributed by atoms with Gasteiger partial charge in [0.25, 0.3) is 0 Å². The summed E-state index contributed by atoms with van der Waals surface area (Å²) in [5, 5.41) is 0. The summed E-state index contributed by atoms with van der Waals surface area (Å²) in [6.45, 7) is 14.1. The number of piperidine rings is 2. The van der Waals surface area contributed by atoms with Crippen molar-refractivity contribution in [2.45, 2.75) is 65.5 Å². The molecule has 0 saturated carbocycles. The van der Waals surface area contributed by atoms with Gasteiger partial charge in [0.05, 0.1) is 0 Å². The van der Waals surface area contributed by atoms with E-state index in [0.29, 0.717) is 17.9 Å². The van der Waals surface area contributed by atoms with E-state index in [9.17, 15) is 0 Å². The zero-order valence-corrected chi connectivity index (χ0v) is 13.9. The van der Waals surface area contributed by atoms with Gasteiger partial charge in [-0.1, -0.05) is 19.8 Å². The van der Waals surface area contributed by atoms with Gasteiger partial charge in [-0.05, 0) is 65.7 Å². The molecule has 2 aliphatic rings. The van der Waals surface area contributed by atoms with Crippen molar-refractivity contribution in [2.75, 3.05) is 26.2 Å². The summed E-state index contributed by atoms with van der Waals surface area (Å²) in [6.07, 6.45) is 5.29. The standard InChI is InChI=1S/C18H32N2/c1-15(2)5-6-17-7-11-20(12-8-17)18-9-13-19(14-10-18)16(3)4/h15-18H,7-14H2,1-4H3. The number of hydrogen-bond donors (Lipinski definition) is 0. The van der Waals surface area contributed by atoms with Crippen LogP contribution in [0.1, 0.15) is 53.4 Å². The fourth-order valence-corrected chi connectivity index (χ4v) is 3.46. The molecule has 0 aliphatic carbocycles. The van der Waals surface area contributed by atoms with E-state index >= 15 is 0 Å². The van der Waals surface area contributed by atoms with Crippen LogP contribution in [0.2, 0.25) is 0 Å². The third-order valence-corrected chi connectivity index (χ3v) is 4.85. The Labute approximate surface area is 125 Å². The van der Waals surface area contributed by atoms with Gasteiger partial charge in [0, 0.05) is 23.9 Å². The lowest BCUT2D eigenvalue weighted by molar-refractivity contribution is 0.0734. The van der Waals surface area contributed by atoms with Gasteiger partial charge >= 0.3 is 0 Å². The number of likely N-dealkylation sites (tertiary alicyclic amines) is 2. The Morgan fingerprint density at radius 3 is 1.95 bits per heavy atom. The Bertz CT molecular complexity index is 334. The summed E-state index contributed by atoms with van der Waals surface area (Å²) < 4.78 is 0. The SMILES string of the molecule is CC(C)C#CC1CCN(C2CCN(C(C)C)CC2)CC1. The molecule has 0 atom stereocenters. The molecule has 0 unspecified atom stereocenters. The Morgan fingerprint density at radius 1 is 0.850 bits per heavy atom. The van der Waals surface area contributed by atoms with Crippen LogP contribution in [0, 0.1) is 23.7 Å². The number of nitrogens with zero attached hydrogens (tertiary/aromatic N) is 2. The maximum Gasteiger partial charge on any atom is 0.0227 e. The second-order valence-corrected chi connectivity index (χ2v) is 7.11. The maximum absolute atomic E-state index is 3.48. The molecule has 0 bridgehead atoms. The molecule has 0 N–H and O–H groups in total. The van der Waals surface area contributed by atoms with Crippen molar-refractivity contribution in [3.63, 3.8) is 0 Å². The van der Waals surface area contributed by atoms with Gasteiger partial charge in [-0.25, -0.2) is 0 Å². The first-order chi connectivity index (χ1) is 9.56. The average Bonchev–Trinajstić information content (AvgIpc) is 2.46. The third kappa shape index (κ3) is 4.50.